The van der Waals surface area contributed by atoms with Crippen LogP contribution in [-0.2, 0) is 11.3 Å². The molecular formula is C28H42O2. The van der Waals surface area contributed by atoms with Gasteiger partial charge in [0, 0.05) is 0 Å². The molecule has 0 unspecified atom stereocenters. The molecule has 0 aliphatic heterocycles. The SMILES string of the molecule is C[C@@H](O)[C@H]1CC[C@H]2[C@@H]3CC[C@H]4C[C@@H](OCc5ccccc5)CC[C@]4(C)[C@H]3CC[C@]12C. The first-order chi connectivity index (χ1) is 14.4. The van der Waals surface area contributed by atoms with Crippen LogP contribution in [0.1, 0.15) is 84.1 Å². The van der Waals surface area contributed by atoms with Crippen molar-refractivity contribution in [3.05, 3.63) is 35.9 Å². The third-order valence-corrected chi connectivity index (χ3v) is 10.6. The Balaban J connectivity index is 1.26. The number of hydrogen-bond donors (Lipinski definition) is 1. The van der Waals surface area contributed by atoms with Gasteiger partial charge in [0.15, 0.2) is 0 Å². The standard InChI is InChI=1S/C28H42O2/c1-19(29)24-11-12-25-23-10-9-21-17-22(30-18-20-7-5-4-6-8-20)13-15-27(21,2)26(23)14-16-28(24,25)3/h4-8,19,21-26,29H,9-18H2,1-3H3/t19-,21+,22+,23+,24-,25+,26+,27+,28-/m1/s1. The summed E-state index contributed by atoms with van der Waals surface area (Å²) in [6, 6.07) is 10.7. The predicted octanol–water partition coefficient (Wildman–Crippen LogP) is 6.61. The van der Waals surface area contributed by atoms with E-state index in [2.05, 4.69) is 44.2 Å². The summed E-state index contributed by atoms with van der Waals surface area (Å²) in [4.78, 5) is 0. The summed E-state index contributed by atoms with van der Waals surface area (Å²) in [5, 5.41) is 10.4. The van der Waals surface area contributed by atoms with E-state index < -0.39 is 0 Å². The Bertz CT molecular complexity index is 729. The smallest absolute Gasteiger partial charge is 0.0720 e. The molecule has 1 aromatic rings. The predicted molar refractivity (Wildman–Crippen MR) is 122 cm³/mol. The third-order valence-electron chi connectivity index (χ3n) is 10.6. The Kier molecular flexibility index (Phi) is 5.55. The maximum atomic E-state index is 10.4. The van der Waals surface area contributed by atoms with Crippen LogP contribution in [0, 0.1) is 40.4 Å². The molecule has 4 fully saturated rings. The molecule has 5 rings (SSSR count). The highest BCUT2D eigenvalue weighted by Crippen LogP contribution is 2.67. The lowest BCUT2D eigenvalue weighted by atomic mass is 9.44. The van der Waals surface area contributed by atoms with E-state index in [1.54, 1.807) is 0 Å². The number of ether oxygens (including phenoxy) is 1. The van der Waals surface area contributed by atoms with Crippen molar-refractivity contribution in [3.63, 3.8) is 0 Å². The molecule has 4 saturated carbocycles. The second-order valence-electron chi connectivity index (χ2n) is 11.8. The van der Waals surface area contributed by atoms with E-state index in [-0.39, 0.29) is 6.10 Å². The third kappa shape index (κ3) is 3.37. The molecule has 0 heterocycles. The van der Waals surface area contributed by atoms with E-state index >= 15 is 0 Å². The van der Waals surface area contributed by atoms with Crippen LogP contribution in [0.25, 0.3) is 0 Å². The van der Waals surface area contributed by atoms with Crippen molar-refractivity contribution in [2.24, 2.45) is 40.4 Å². The van der Waals surface area contributed by atoms with Crippen LogP contribution in [0.5, 0.6) is 0 Å². The largest absolute Gasteiger partial charge is 0.393 e. The van der Waals surface area contributed by atoms with Crippen LogP contribution in [-0.4, -0.2) is 17.3 Å². The number of aliphatic hydroxyl groups excluding tert-OH is 1. The van der Waals surface area contributed by atoms with Crippen LogP contribution < -0.4 is 0 Å². The van der Waals surface area contributed by atoms with Gasteiger partial charge in [0.05, 0.1) is 18.8 Å². The zero-order valence-electron chi connectivity index (χ0n) is 19.4. The van der Waals surface area contributed by atoms with Gasteiger partial charge in [-0.2, -0.15) is 0 Å². The number of rotatable bonds is 4. The van der Waals surface area contributed by atoms with Gasteiger partial charge in [-0.05, 0) is 111 Å². The van der Waals surface area contributed by atoms with Crippen molar-refractivity contribution in [2.75, 3.05) is 0 Å². The molecule has 0 radical (unpaired) electrons. The zero-order valence-corrected chi connectivity index (χ0v) is 19.4. The van der Waals surface area contributed by atoms with Crippen LogP contribution >= 0.6 is 0 Å². The van der Waals surface area contributed by atoms with Crippen molar-refractivity contribution in [2.45, 2.75) is 97.4 Å². The molecule has 0 aromatic heterocycles. The molecule has 30 heavy (non-hydrogen) atoms. The van der Waals surface area contributed by atoms with Crippen molar-refractivity contribution < 1.29 is 9.84 Å². The fourth-order valence-electron chi connectivity index (χ4n) is 8.99. The van der Waals surface area contributed by atoms with Crippen LogP contribution in [0.3, 0.4) is 0 Å². The van der Waals surface area contributed by atoms with E-state index in [1.807, 2.05) is 6.92 Å². The molecule has 0 saturated heterocycles. The van der Waals surface area contributed by atoms with Crippen molar-refractivity contribution >= 4 is 0 Å². The molecule has 4 aliphatic rings. The molecule has 4 aliphatic carbocycles. The number of aliphatic hydroxyl groups is 1. The fraction of sp³-hybridized carbons (Fsp3) is 0.786. The summed E-state index contributed by atoms with van der Waals surface area (Å²) in [6.07, 6.45) is 12.3. The van der Waals surface area contributed by atoms with Gasteiger partial charge in [0.25, 0.3) is 0 Å². The maximum absolute atomic E-state index is 10.4. The lowest BCUT2D eigenvalue weighted by molar-refractivity contribution is -0.140. The first kappa shape index (κ1) is 21.0. The molecule has 0 spiro atoms. The molecule has 166 valence electrons. The van der Waals surface area contributed by atoms with Crippen LogP contribution in [0.2, 0.25) is 0 Å². The van der Waals surface area contributed by atoms with Crippen LogP contribution in [0.15, 0.2) is 30.3 Å². The zero-order chi connectivity index (χ0) is 20.9. The van der Waals surface area contributed by atoms with Gasteiger partial charge in [0.1, 0.15) is 0 Å². The highest BCUT2D eigenvalue weighted by atomic mass is 16.5. The minimum absolute atomic E-state index is 0.138. The minimum atomic E-state index is -0.138. The van der Waals surface area contributed by atoms with E-state index in [0.29, 0.717) is 22.9 Å². The molecule has 2 heteroatoms. The van der Waals surface area contributed by atoms with Crippen molar-refractivity contribution in [1.82, 2.24) is 0 Å². The summed E-state index contributed by atoms with van der Waals surface area (Å²) in [7, 11) is 0. The summed E-state index contributed by atoms with van der Waals surface area (Å²) in [5.41, 5.74) is 2.20. The van der Waals surface area contributed by atoms with Crippen molar-refractivity contribution in [3.8, 4) is 0 Å². The summed E-state index contributed by atoms with van der Waals surface area (Å²) in [6.45, 7) is 7.98. The first-order valence-electron chi connectivity index (χ1n) is 12.8. The topological polar surface area (TPSA) is 29.5 Å². The summed E-state index contributed by atoms with van der Waals surface area (Å²) in [5.74, 6) is 4.01. The normalized spacial score (nSPS) is 46.5. The summed E-state index contributed by atoms with van der Waals surface area (Å²) >= 11 is 0. The second-order valence-corrected chi connectivity index (χ2v) is 11.8. The average Bonchev–Trinajstić information content (AvgIpc) is 3.10. The van der Waals surface area contributed by atoms with Gasteiger partial charge in [-0.25, -0.2) is 0 Å². The van der Waals surface area contributed by atoms with Crippen molar-refractivity contribution in [1.29, 1.82) is 0 Å². The lowest BCUT2D eigenvalue weighted by Crippen LogP contribution is -2.54. The van der Waals surface area contributed by atoms with Gasteiger partial charge in [-0.1, -0.05) is 44.2 Å². The van der Waals surface area contributed by atoms with E-state index in [4.69, 9.17) is 4.74 Å². The van der Waals surface area contributed by atoms with Crippen LogP contribution in [0.4, 0.5) is 0 Å². The number of benzene rings is 1. The van der Waals surface area contributed by atoms with Gasteiger partial charge in [-0.15, -0.1) is 0 Å². The summed E-state index contributed by atoms with van der Waals surface area (Å²) < 4.78 is 6.40. The Morgan fingerprint density at radius 1 is 0.933 bits per heavy atom. The Hall–Kier alpha value is -0.860. The highest BCUT2D eigenvalue weighted by molar-refractivity contribution is 5.14. The maximum Gasteiger partial charge on any atom is 0.0720 e. The van der Waals surface area contributed by atoms with E-state index in [9.17, 15) is 5.11 Å². The van der Waals surface area contributed by atoms with E-state index in [0.717, 1.165) is 30.3 Å². The lowest BCUT2D eigenvalue weighted by Gasteiger charge is -2.61. The highest BCUT2D eigenvalue weighted by Gasteiger charge is 2.60. The Morgan fingerprint density at radius 2 is 1.67 bits per heavy atom. The molecule has 2 nitrogen and oxygen atoms in total. The minimum Gasteiger partial charge on any atom is -0.393 e. The Morgan fingerprint density at radius 3 is 2.43 bits per heavy atom. The average molecular weight is 411 g/mol. The van der Waals surface area contributed by atoms with E-state index in [1.165, 1.54) is 63.4 Å². The monoisotopic (exact) mass is 410 g/mol. The Labute approximate surface area is 183 Å². The second kappa shape index (κ2) is 7.93. The molecule has 0 amide bonds. The van der Waals surface area contributed by atoms with Gasteiger partial charge in [0.2, 0.25) is 0 Å². The van der Waals surface area contributed by atoms with Gasteiger partial charge in [-0.3, -0.25) is 0 Å². The quantitative estimate of drug-likeness (QED) is 0.605. The number of fused-ring (bicyclic) bond motifs is 5. The molecule has 9 atom stereocenters. The first-order valence-corrected chi connectivity index (χ1v) is 12.8. The molecule has 0 bridgehead atoms. The fourth-order valence-corrected chi connectivity index (χ4v) is 8.99. The molecule has 1 aromatic carbocycles. The molecule has 1 N–H and O–H groups in total. The number of hydrogen-bond acceptors (Lipinski definition) is 2. The molecular weight excluding hydrogens is 368 g/mol. The van der Waals surface area contributed by atoms with Gasteiger partial charge >= 0.3 is 0 Å². The van der Waals surface area contributed by atoms with Gasteiger partial charge < -0.3 is 9.84 Å².